The average molecular weight is 283 g/mol. The highest BCUT2D eigenvalue weighted by Gasteiger charge is 1.99. The molecule has 0 aliphatic carbocycles. The monoisotopic (exact) mass is 283 g/mol. The lowest BCUT2D eigenvalue weighted by atomic mass is 10.1. The van der Waals surface area contributed by atoms with E-state index in [2.05, 4.69) is 33.4 Å². The highest BCUT2D eigenvalue weighted by molar-refractivity contribution is 5.92. The topological polar surface area (TPSA) is 105 Å². The zero-order valence-electron chi connectivity index (χ0n) is 11.8. The van der Waals surface area contributed by atoms with Gasteiger partial charge < -0.3 is 11.1 Å². The van der Waals surface area contributed by atoms with E-state index in [0.717, 1.165) is 12.1 Å². The van der Waals surface area contributed by atoms with Crippen LogP contribution in [-0.2, 0) is 13.0 Å². The van der Waals surface area contributed by atoms with E-state index in [9.17, 15) is 0 Å². The van der Waals surface area contributed by atoms with Gasteiger partial charge in [-0.05, 0) is 24.1 Å². The van der Waals surface area contributed by atoms with Gasteiger partial charge in [0.25, 0.3) is 5.82 Å². The van der Waals surface area contributed by atoms with E-state index in [1.165, 1.54) is 11.9 Å². The number of nitrogens with one attached hydrogen (secondary N) is 1. The van der Waals surface area contributed by atoms with Crippen LogP contribution in [-0.4, -0.2) is 27.3 Å². The molecule has 2 aromatic rings. The Morgan fingerprint density at radius 3 is 3.10 bits per heavy atom. The summed E-state index contributed by atoms with van der Waals surface area (Å²) in [5, 5.41) is 15.6. The second-order valence-electron chi connectivity index (χ2n) is 4.39. The van der Waals surface area contributed by atoms with Crippen LogP contribution in [0.5, 0.6) is 0 Å². The molecule has 0 aliphatic heterocycles. The predicted molar refractivity (Wildman–Crippen MR) is 80.7 cm³/mol. The number of hydrogen-bond donors (Lipinski definition) is 2. The fraction of sp³-hybridized carbons (Fsp3) is 0.286. The van der Waals surface area contributed by atoms with E-state index in [-0.39, 0.29) is 5.82 Å². The number of nitrogens with zero attached hydrogens (tertiary/aromatic N) is 5. The summed E-state index contributed by atoms with van der Waals surface area (Å²) in [6, 6.07) is 9.90. The van der Waals surface area contributed by atoms with E-state index < -0.39 is 0 Å². The molecule has 0 aliphatic rings. The second kappa shape index (κ2) is 7.05. The second-order valence-corrected chi connectivity index (χ2v) is 4.39. The lowest BCUT2D eigenvalue weighted by Gasteiger charge is -2.07. The molecule has 0 saturated heterocycles. The van der Waals surface area contributed by atoms with Crippen molar-refractivity contribution in [2.24, 2.45) is 10.7 Å². The van der Waals surface area contributed by atoms with Crippen LogP contribution in [0.15, 0.2) is 35.6 Å². The largest absolute Gasteiger partial charge is 0.370 e. The molecule has 7 nitrogen and oxygen atoms in total. The van der Waals surface area contributed by atoms with Crippen LogP contribution in [0.2, 0.25) is 0 Å². The first kappa shape index (κ1) is 14.5. The summed E-state index contributed by atoms with van der Waals surface area (Å²) < 4.78 is 1.56. The van der Waals surface area contributed by atoms with Gasteiger partial charge >= 0.3 is 0 Å². The Morgan fingerprint density at radius 2 is 2.38 bits per heavy atom. The Kier molecular flexibility index (Phi) is 4.88. The molecule has 2 rings (SSSR count). The Balaban J connectivity index is 1.87. The van der Waals surface area contributed by atoms with Gasteiger partial charge in [0.1, 0.15) is 12.4 Å². The van der Waals surface area contributed by atoms with Gasteiger partial charge in [-0.2, -0.15) is 5.26 Å². The smallest absolute Gasteiger partial charge is 0.252 e. The summed E-state index contributed by atoms with van der Waals surface area (Å²) in [5.41, 5.74) is 7.99. The van der Waals surface area contributed by atoms with Gasteiger partial charge in [-0.1, -0.05) is 19.1 Å². The number of aryl methyl sites for hydroxylation is 1. The van der Waals surface area contributed by atoms with Crippen molar-refractivity contribution in [1.82, 2.24) is 14.8 Å². The molecule has 0 saturated carbocycles. The molecule has 108 valence electrons. The quantitative estimate of drug-likeness (QED) is 0.632. The van der Waals surface area contributed by atoms with Gasteiger partial charge in [0.2, 0.25) is 0 Å². The van der Waals surface area contributed by atoms with Gasteiger partial charge in [-0.3, -0.25) is 4.99 Å². The third kappa shape index (κ3) is 4.31. The molecular weight excluding hydrogens is 266 g/mol. The summed E-state index contributed by atoms with van der Waals surface area (Å²) >= 11 is 0. The van der Waals surface area contributed by atoms with E-state index in [4.69, 9.17) is 11.0 Å². The molecule has 0 spiro atoms. The van der Waals surface area contributed by atoms with Crippen LogP contribution >= 0.6 is 0 Å². The third-order valence-electron chi connectivity index (χ3n) is 2.86. The van der Waals surface area contributed by atoms with Gasteiger partial charge in [0.05, 0.1) is 13.1 Å². The van der Waals surface area contributed by atoms with Crippen molar-refractivity contribution < 1.29 is 0 Å². The number of nitrogens with two attached hydrogens (primary N) is 1. The lowest BCUT2D eigenvalue weighted by molar-refractivity contribution is 0.622. The molecule has 0 fully saturated rings. The molecule has 0 radical (unpaired) electrons. The van der Waals surface area contributed by atoms with E-state index >= 15 is 0 Å². The minimum Gasteiger partial charge on any atom is -0.370 e. The number of aliphatic imine (C=N–C) groups is 1. The van der Waals surface area contributed by atoms with Gasteiger partial charge in [0, 0.05) is 5.69 Å². The zero-order valence-corrected chi connectivity index (χ0v) is 11.8. The number of benzene rings is 1. The fourth-order valence-corrected chi connectivity index (χ4v) is 1.78. The highest BCUT2D eigenvalue weighted by Crippen LogP contribution is 2.10. The van der Waals surface area contributed by atoms with E-state index in [1.807, 2.05) is 24.3 Å². The summed E-state index contributed by atoms with van der Waals surface area (Å²) in [5.74, 6) is 0.505. The van der Waals surface area contributed by atoms with E-state index in [0.29, 0.717) is 19.0 Å². The Hall–Kier alpha value is -2.88. The molecule has 3 N–H and O–H groups in total. The Morgan fingerprint density at radius 1 is 1.52 bits per heavy atom. The van der Waals surface area contributed by atoms with Crippen LogP contribution in [0, 0.1) is 11.3 Å². The van der Waals surface area contributed by atoms with Crippen molar-refractivity contribution in [3.8, 4) is 6.07 Å². The zero-order chi connectivity index (χ0) is 15.1. The summed E-state index contributed by atoms with van der Waals surface area (Å²) in [6.45, 7) is 3.08. The number of aromatic nitrogens is 3. The lowest BCUT2D eigenvalue weighted by Crippen LogP contribution is -2.23. The van der Waals surface area contributed by atoms with Crippen LogP contribution in [0.1, 0.15) is 18.3 Å². The first-order chi connectivity index (χ1) is 10.2. The minimum atomic E-state index is 0.154. The summed E-state index contributed by atoms with van der Waals surface area (Å²) in [7, 11) is 0. The molecule has 7 heteroatoms. The number of anilines is 1. The first-order valence-electron chi connectivity index (χ1n) is 6.66. The maximum atomic E-state index is 8.63. The average Bonchev–Trinajstić information content (AvgIpc) is 2.95. The van der Waals surface area contributed by atoms with Crippen molar-refractivity contribution in [1.29, 1.82) is 5.26 Å². The number of guanidine groups is 1. The molecule has 0 amide bonds. The summed E-state index contributed by atoms with van der Waals surface area (Å²) in [6.07, 6.45) is 2.47. The van der Waals surface area contributed by atoms with Crippen LogP contribution in [0.4, 0.5) is 5.69 Å². The third-order valence-corrected chi connectivity index (χ3v) is 2.86. The van der Waals surface area contributed by atoms with Gasteiger partial charge in [0.15, 0.2) is 5.96 Å². The van der Waals surface area contributed by atoms with Crippen molar-refractivity contribution in [2.75, 3.05) is 11.9 Å². The van der Waals surface area contributed by atoms with Crippen molar-refractivity contribution in [3.63, 3.8) is 0 Å². The number of hydrogen-bond acceptors (Lipinski definition) is 4. The maximum Gasteiger partial charge on any atom is 0.252 e. The van der Waals surface area contributed by atoms with Crippen molar-refractivity contribution >= 4 is 11.6 Å². The normalized spacial score (nSPS) is 11.1. The molecule has 1 heterocycles. The highest BCUT2D eigenvalue weighted by atomic mass is 15.3. The van der Waals surface area contributed by atoms with E-state index in [1.54, 1.807) is 4.68 Å². The van der Waals surface area contributed by atoms with Gasteiger partial charge in [-0.25, -0.2) is 9.67 Å². The van der Waals surface area contributed by atoms with Crippen LogP contribution in [0.25, 0.3) is 0 Å². The predicted octanol–water partition coefficient (Wildman–Crippen LogP) is 1.14. The van der Waals surface area contributed by atoms with Crippen LogP contribution in [0.3, 0.4) is 0 Å². The molecule has 0 unspecified atom stereocenters. The molecule has 1 aromatic heterocycles. The SMILES string of the molecule is CCc1cccc(NC(N)=NCCn2cnc(C#N)n2)c1. The van der Waals surface area contributed by atoms with Gasteiger partial charge in [-0.15, -0.1) is 5.10 Å². The molecular formula is C14H17N7. The molecule has 1 aromatic carbocycles. The Bertz CT molecular complexity index is 666. The standard InChI is InChI=1S/C14H17N7/c1-2-11-4-3-5-12(8-11)19-14(16)17-6-7-21-10-18-13(9-15)20-21/h3-5,8,10H,2,6-7H2,1H3,(H3,16,17,19). The Labute approximate surface area is 123 Å². The molecule has 0 bridgehead atoms. The fourth-order valence-electron chi connectivity index (χ4n) is 1.78. The van der Waals surface area contributed by atoms with Crippen molar-refractivity contribution in [2.45, 2.75) is 19.9 Å². The van der Waals surface area contributed by atoms with Crippen molar-refractivity contribution in [3.05, 3.63) is 42.0 Å². The number of nitriles is 1. The molecule has 21 heavy (non-hydrogen) atoms. The molecule has 0 atom stereocenters. The van der Waals surface area contributed by atoms with Crippen LogP contribution < -0.4 is 11.1 Å². The first-order valence-corrected chi connectivity index (χ1v) is 6.66. The number of rotatable bonds is 5. The minimum absolute atomic E-state index is 0.154. The summed E-state index contributed by atoms with van der Waals surface area (Å²) in [4.78, 5) is 8.03. The maximum absolute atomic E-state index is 8.63.